The number of carbonyl (C=O) groups is 1. The Hall–Kier alpha value is -1.52. The molecule has 3 N–H and O–H groups in total. The molecule has 0 bridgehead atoms. The van der Waals surface area contributed by atoms with Crippen LogP contribution >= 0.6 is 27.5 Å². The van der Waals surface area contributed by atoms with Gasteiger partial charge in [0.15, 0.2) is 0 Å². The van der Waals surface area contributed by atoms with Crippen molar-refractivity contribution in [2.75, 3.05) is 5.32 Å². The molecule has 1 amide bonds. The smallest absolute Gasteiger partial charge is 0.247 e. The summed E-state index contributed by atoms with van der Waals surface area (Å²) in [6.07, 6.45) is 1.41. The number of halogens is 2. The molecule has 1 atom stereocenters. The number of nitrogens with one attached hydrogen (secondary N) is 1. The van der Waals surface area contributed by atoms with Crippen molar-refractivity contribution in [3.63, 3.8) is 0 Å². The van der Waals surface area contributed by atoms with Gasteiger partial charge >= 0.3 is 0 Å². The molecule has 0 aliphatic heterocycles. The van der Waals surface area contributed by atoms with Gasteiger partial charge in [-0.15, -0.1) is 0 Å². The minimum absolute atomic E-state index is 0.390. The molecule has 0 aromatic heterocycles. The first-order chi connectivity index (χ1) is 10.0. The maximum atomic E-state index is 12.2. The van der Waals surface area contributed by atoms with Gasteiger partial charge in [-0.25, -0.2) is 0 Å². The molecule has 0 fully saturated rings. The van der Waals surface area contributed by atoms with Gasteiger partial charge < -0.3 is 11.1 Å². The van der Waals surface area contributed by atoms with Gasteiger partial charge in [-0.05, 0) is 42.2 Å². The van der Waals surface area contributed by atoms with E-state index in [1.165, 1.54) is 0 Å². The molecule has 0 saturated heterocycles. The van der Waals surface area contributed by atoms with Crippen LogP contribution in [0.3, 0.4) is 0 Å². The van der Waals surface area contributed by atoms with Crippen molar-refractivity contribution in [1.29, 1.82) is 0 Å². The molecule has 2 aromatic carbocycles. The van der Waals surface area contributed by atoms with Crippen LogP contribution < -0.4 is 11.1 Å². The van der Waals surface area contributed by atoms with E-state index in [0.717, 1.165) is 22.0 Å². The highest BCUT2D eigenvalue weighted by Gasteiger charge is 2.44. The molecule has 0 spiro atoms. The van der Waals surface area contributed by atoms with Crippen LogP contribution in [-0.4, -0.2) is 5.91 Å². The van der Waals surface area contributed by atoms with Gasteiger partial charge in [0.2, 0.25) is 5.91 Å². The minimum atomic E-state index is -0.913. The van der Waals surface area contributed by atoms with Crippen molar-refractivity contribution < 1.29 is 4.79 Å². The number of carbonyl (C=O) groups excluding carboxylic acids is 1. The summed E-state index contributed by atoms with van der Waals surface area (Å²) in [4.78, 5) is 12.2. The van der Waals surface area contributed by atoms with Gasteiger partial charge in [0.25, 0.3) is 0 Å². The first-order valence-electron chi connectivity index (χ1n) is 6.65. The molecule has 2 aromatic rings. The average molecular weight is 366 g/mol. The lowest BCUT2D eigenvalue weighted by atomic mass is 9.90. The Morgan fingerprint density at radius 2 is 2.00 bits per heavy atom. The lowest BCUT2D eigenvalue weighted by Crippen LogP contribution is -2.46. The highest BCUT2D eigenvalue weighted by atomic mass is 79.9. The van der Waals surface area contributed by atoms with Crippen LogP contribution in [0.4, 0.5) is 5.69 Å². The largest absolute Gasteiger partial charge is 0.367 e. The second-order valence-corrected chi connectivity index (χ2v) is 6.40. The first-order valence-corrected chi connectivity index (χ1v) is 7.82. The fourth-order valence-electron chi connectivity index (χ4n) is 2.90. The second kappa shape index (κ2) is 5.35. The quantitative estimate of drug-likeness (QED) is 0.868. The number of fused-ring (bicyclic) bond motifs is 1. The molecule has 21 heavy (non-hydrogen) atoms. The Morgan fingerprint density at radius 1 is 1.24 bits per heavy atom. The van der Waals surface area contributed by atoms with Crippen LogP contribution in [0.25, 0.3) is 0 Å². The number of hydrogen-bond acceptors (Lipinski definition) is 2. The molecule has 3 rings (SSSR count). The summed E-state index contributed by atoms with van der Waals surface area (Å²) in [6, 6.07) is 13.2. The Balaban J connectivity index is 2.11. The summed E-state index contributed by atoms with van der Waals surface area (Å²) in [6.45, 7) is 0. The molecular formula is C16H14BrClN2O. The van der Waals surface area contributed by atoms with E-state index in [-0.39, 0.29) is 5.91 Å². The van der Waals surface area contributed by atoms with Crippen molar-refractivity contribution in [3.8, 4) is 0 Å². The van der Waals surface area contributed by atoms with Crippen molar-refractivity contribution in [2.24, 2.45) is 5.73 Å². The molecule has 1 aliphatic rings. The maximum absolute atomic E-state index is 12.2. The zero-order valence-electron chi connectivity index (χ0n) is 11.2. The number of rotatable bonds is 3. The number of para-hydroxylation sites is 1. The molecule has 0 radical (unpaired) electrons. The first kappa shape index (κ1) is 14.4. The average Bonchev–Trinajstić information content (AvgIpc) is 2.83. The summed E-state index contributed by atoms with van der Waals surface area (Å²) in [7, 11) is 0. The van der Waals surface area contributed by atoms with Gasteiger partial charge in [-0.3, -0.25) is 4.79 Å². The number of amides is 1. The van der Waals surface area contributed by atoms with E-state index in [2.05, 4.69) is 21.2 Å². The standard InChI is InChI=1S/C16H14BrClN2O/c17-12-5-3-4-11-10(12)8-9-16(11,15(19)21)20-14-7-2-1-6-13(14)18/h1-7,20H,8-9H2,(H2,19,21). The fraction of sp³-hybridized carbons (Fsp3) is 0.188. The Morgan fingerprint density at radius 3 is 2.71 bits per heavy atom. The summed E-state index contributed by atoms with van der Waals surface area (Å²) in [5.74, 6) is -0.390. The van der Waals surface area contributed by atoms with Crippen LogP contribution in [0.1, 0.15) is 17.5 Å². The molecule has 5 heteroatoms. The summed E-state index contributed by atoms with van der Waals surface area (Å²) in [5.41, 5.74) is 7.58. The monoisotopic (exact) mass is 364 g/mol. The molecule has 1 unspecified atom stereocenters. The van der Waals surface area contributed by atoms with Crippen molar-refractivity contribution in [3.05, 3.63) is 63.1 Å². The Bertz CT molecular complexity index is 719. The van der Waals surface area contributed by atoms with Crippen LogP contribution in [0.2, 0.25) is 5.02 Å². The Kier molecular flexibility index (Phi) is 3.68. The van der Waals surface area contributed by atoms with E-state index in [9.17, 15) is 4.79 Å². The lowest BCUT2D eigenvalue weighted by molar-refractivity contribution is -0.122. The molecule has 0 saturated carbocycles. The summed E-state index contributed by atoms with van der Waals surface area (Å²) >= 11 is 9.75. The van der Waals surface area contributed by atoms with E-state index >= 15 is 0 Å². The van der Waals surface area contributed by atoms with Crippen LogP contribution in [0.15, 0.2) is 46.9 Å². The number of anilines is 1. The topological polar surface area (TPSA) is 55.1 Å². The van der Waals surface area contributed by atoms with E-state index in [4.69, 9.17) is 17.3 Å². The van der Waals surface area contributed by atoms with E-state index in [0.29, 0.717) is 17.1 Å². The van der Waals surface area contributed by atoms with E-state index in [1.807, 2.05) is 36.4 Å². The van der Waals surface area contributed by atoms with Gasteiger partial charge in [0.1, 0.15) is 5.54 Å². The summed E-state index contributed by atoms with van der Waals surface area (Å²) in [5, 5.41) is 3.85. The molecule has 0 heterocycles. The number of benzene rings is 2. The maximum Gasteiger partial charge on any atom is 0.247 e. The van der Waals surface area contributed by atoms with Crippen molar-refractivity contribution >= 4 is 39.1 Å². The molecule has 1 aliphatic carbocycles. The number of hydrogen-bond donors (Lipinski definition) is 2. The van der Waals surface area contributed by atoms with Gasteiger partial charge in [-0.1, -0.05) is 51.8 Å². The Labute approximate surface area is 136 Å². The van der Waals surface area contributed by atoms with Crippen LogP contribution in [0.5, 0.6) is 0 Å². The third kappa shape index (κ3) is 2.32. The third-order valence-corrected chi connectivity index (χ3v) is 5.04. The highest BCUT2D eigenvalue weighted by Crippen LogP contribution is 2.43. The lowest BCUT2D eigenvalue weighted by Gasteiger charge is -2.30. The van der Waals surface area contributed by atoms with E-state index in [1.54, 1.807) is 6.07 Å². The van der Waals surface area contributed by atoms with E-state index < -0.39 is 5.54 Å². The SMILES string of the molecule is NC(=O)C1(Nc2ccccc2Cl)CCc2c(Br)cccc21. The zero-order chi connectivity index (χ0) is 15.0. The second-order valence-electron chi connectivity index (χ2n) is 5.14. The normalized spacial score (nSPS) is 20.1. The number of nitrogens with two attached hydrogens (primary N) is 1. The van der Waals surface area contributed by atoms with Gasteiger partial charge in [-0.2, -0.15) is 0 Å². The van der Waals surface area contributed by atoms with Crippen LogP contribution in [0, 0.1) is 0 Å². The summed E-state index contributed by atoms with van der Waals surface area (Å²) < 4.78 is 1.00. The predicted molar refractivity (Wildman–Crippen MR) is 88.4 cm³/mol. The third-order valence-electron chi connectivity index (χ3n) is 3.97. The number of primary amides is 1. The molecular weight excluding hydrogens is 352 g/mol. The minimum Gasteiger partial charge on any atom is -0.367 e. The van der Waals surface area contributed by atoms with Crippen molar-refractivity contribution in [1.82, 2.24) is 0 Å². The fourth-order valence-corrected chi connectivity index (χ4v) is 3.65. The molecule has 108 valence electrons. The molecule has 3 nitrogen and oxygen atoms in total. The highest BCUT2D eigenvalue weighted by molar-refractivity contribution is 9.10. The zero-order valence-corrected chi connectivity index (χ0v) is 13.5. The van der Waals surface area contributed by atoms with Gasteiger partial charge in [0, 0.05) is 4.47 Å². The van der Waals surface area contributed by atoms with Gasteiger partial charge in [0.05, 0.1) is 10.7 Å². The van der Waals surface area contributed by atoms with Crippen LogP contribution in [-0.2, 0) is 16.8 Å². The predicted octanol–water partition coefficient (Wildman–Crippen LogP) is 3.84. The van der Waals surface area contributed by atoms with Crippen molar-refractivity contribution in [2.45, 2.75) is 18.4 Å².